The third kappa shape index (κ3) is 3.39. The number of piperidine rings is 1. The largest absolute Gasteiger partial charge is 0.492 e. The van der Waals surface area contributed by atoms with Crippen molar-refractivity contribution in [3.8, 4) is 5.88 Å². The molecule has 2 aromatic heterocycles. The van der Waals surface area contributed by atoms with E-state index in [1.165, 1.54) is 19.3 Å². The minimum atomic E-state index is 0. The summed E-state index contributed by atoms with van der Waals surface area (Å²) in [6, 6.07) is 3.85. The molecule has 1 saturated heterocycles. The standard InChI is InChI=1S/C16H17N5O.2ClH/c22-15-13(19-16(20-15)21-7-2-1-3-8-21)9-11-10-18-14-12(11)5-4-6-17-14;;/h4-6,9-10,22H,1-3,7-8H2,(H,19,20);2*1H. The highest BCUT2D eigenvalue weighted by molar-refractivity contribution is 6.20. The zero-order chi connectivity index (χ0) is 14.9. The van der Waals surface area contributed by atoms with Crippen LogP contribution >= 0.6 is 24.8 Å². The number of nitrogens with one attached hydrogen (secondary N) is 1. The van der Waals surface area contributed by atoms with Crippen LogP contribution in [0.5, 0.6) is 5.88 Å². The third-order valence-corrected chi connectivity index (χ3v) is 4.08. The smallest absolute Gasteiger partial charge is 0.238 e. The fourth-order valence-electron chi connectivity index (χ4n) is 2.92. The van der Waals surface area contributed by atoms with Crippen LogP contribution in [0.2, 0.25) is 0 Å². The van der Waals surface area contributed by atoms with Crippen LogP contribution in [0.25, 0.3) is 11.6 Å². The second kappa shape index (κ2) is 7.68. The number of aliphatic imine (C=N–C) groups is 1. The zero-order valence-corrected chi connectivity index (χ0v) is 14.6. The number of H-pyrrole nitrogens is 1. The fraction of sp³-hybridized carbons (Fsp3) is 0.312. The number of aromatic hydroxyl groups is 1. The van der Waals surface area contributed by atoms with Crippen LogP contribution in [0.3, 0.4) is 0 Å². The molecule has 2 N–H and O–H groups in total. The van der Waals surface area contributed by atoms with Crippen LogP contribution < -0.4 is 4.90 Å². The van der Waals surface area contributed by atoms with Gasteiger partial charge < -0.3 is 15.0 Å². The second-order valence-corrected chi connectivity index (χ2v) is 5.58. The van der Waals surface area contributed by atoms with Crippen molar-refractivity contribution in [2.24, 2.45) is 4.99 Å². The summed E-state index contributed by atoms with van der Waals surface area (Å²) in [5.74, 6) is 1.48. The van der Waals surface area contributed by atoms with Crippen molar-refractivity contribution in [2.45, 2.75) is 19.3 Å². The Hall–Kier alpha value is -2.05. The SMILES string of the molecule is Cl.Cl.Oc1nc(N2CCCCC2)[nH]c1C=C1C=Nc2ncccc21. The van der Waals surface area contributed by atoms with Gasteiger partial charge in [0.05, 0.1) is 0 Å². The van der Waals surface area contributed by atoms with Gasteiger partial charge in [-0.05, 0) is 37.5 Å². The Morgan fingerprint density at radius 1 is 1.17 bits per heavy atom. The Morgan fingerprint density at radius 3 is 2.75 bits per heavy atom. The number of aromatic nitrogens is 3. The summed E-state index contributed by atoms with van der Waals surface area (Å²) in [4.78, 5) is 18.1. The van der Waals surface area contributed by atoms with E-state index in [2.05, 4.69) is 24.8 Å². The number of nitrogens with zero attached hydrogens (tertiary/aromatic N) is 4. The molecule has 0 bridgehead atoms. The van der Waals surface area contributed by atoms with E-state index < -0.39 is 0 Å². The predicted molar refractivity (Wildman–Crippen MR) is 101 cm³/mol. The molecule has 0 saturated carbocycles. The van der Waals surface area contributed by atoms with E-state index in [9.17, 15) is 5.11 Å². The Balaban J connectivity index is 0.00000104. The van der Waals surface area contributed by atoms with E-state index in [-0.39, 0.29) is 30.7 Å². The van der Waals surface area contributed by atoms with Crippen LogP contribution in [0.4, 0.5) is 11.8 Å². The number of aromatic amines is 1. The first-order valence-electron chi connectivity index (χ1n) is 7.56. The molecule has 8 heteroatoms. The molecule has 0 unspecified atom stereocenters. The normalized spacial score (nSPS) is 17.3. The molecule has 2 aliphatic rings. The highest BCUT2D eigenvalue weighted by atomic mass is 35.5. The van der Waals surface area contributed by atoms with Crippen molar-refractivity contribution in [2.75, 3.05) is 18.0 Å². The molecule has 4 rings (SSSR count). The molecule has 1 fully saturated rings. The molecule has 0 atom stereocenters. The average Bonchev–Trinajstić information content (AvgIpc) is 3.13. The van der Waals surface area contributed by atoms with Crippen LogP contribution in [-0.2, 0) is 0 Å². The Bertz CT molecular complexity index is 766. The molecule has 24 heavy (non-hydrogen) atoms. The van der Waals surface area contributed by atoms with Gasteiger partial charge in [-0.25, -0.2) is 9.98 Å². The van der Waals surface area contributed by atoms with Gasteiger partial charge in [0, 0.05) is 36.6 Å². The van der Waals surface area contributed by atoms with E-state index in [1.807, 2.05) is 18.2 Å². The van der Waals surface area contributed by atoms with Crippen molar-refractivity contribution in [1.82, 2.24) is 15.0 Å². The number of hydrogen-bond donors (Lipinski definition) is 2. The van der Waals surface area contributed by atoms with E-state index in [0.29, 0.717) is 11.5 Å². The van der Waals surface area contributed by atoms with Gasteiger partial charge in [0.25, 0.3) is 0 Å². The number of anilines is 1. The van der Waals surface area contributed by atoms with Crippen molar-refractivity contribution in [1.29, 1.82) is 0 Å². The zero-order valence-electron chi connectivity index (χ0n) is 13.0. The van der Waals surface area contributed by atoms with Gasteiger partial charge in [-0.15, -0.1) is 24.8 Å². The molecule has 0 aromatic carbocycles. The number of hydrogen-bond acceptors (Lipinski definition) is 5. The highest BCUT2D eigenvalue weighted by Crippen LogP contribution is 2.32. The summed E-state index contributed by atoms with van der Waals surface area (Å²) in [6.07, 6.45) is 8.96. The Morgan fingerprint density at radius 2 is 1.96 bits per heavy atom. The third-order valence-electron chi connectivity index (χ3n) is 4.08. The average molecular weight is 368 g/mol. The number of rotatable bonds is 2. The maximum atomic E-state index is 10.1. The first-order chi connectivity index (χ1) is 10.8. The van der Waals surface area contributed by atoms with Crippen molar-refractivity contribution >= 4 is 54.4 Å². The van der Waals surface area contributed by atoms with E-state index in [0.717, 1.165) is 30.2 Å². The quantitative estimate of drug-likeness (QED) is 0.849. The predicted octanol–water partition coefficient (Wildman–Crippen LogP) is 3.60. The number of pyridine rings is 1. The molecule has 0 aliphatic carbocycles. The van der Waals surface area contributed by atoms with E-state index >= 15 is 0 Å². The first-order valence-corrected chi connectivity index (χ1v) is 7.56. The second-order valence-electron chi connectivity index (χ2n) is 5.58. The molecule has 0 spiro atoms. The summed E-state index contributed by atoms with van der Waals surface area (Å²) in [5, 5.41) is 10.1. The summed E-state index contributed by atoms with van der Waals surface area (Å²) >= 11 is 0. The number of halogens is 2. The monoisotopic (exact) mass is 367 g/mol. The maximum Gasteiger partial charge on any atom is 0.238 e. The van der Waals surface area contributed by atoms with E-state index in [4.69, 9.17) is 0 Å². The minimum Gasteiger partial charge on any atom is -0.492 e. The molecule has 128 valence electrons. The summed E-state index contributed by atoms with van der Waals surface area (Å²) < 4.78 is 0. The van der Waals surface area contributed by atoms with Crippen LogP contribution in [0.1, 0.15) is 30.5 Å². The fourth-order valence-corrected chi connectivity index (χ4v) is 2.92. The van der Waals surface area contributed by atoms with Gasteiger partial charge in [0.1, 0.15) is 5.69 Å². The van der Waals surface area contributed by atoms with Gasteiger partial charge in [-0.3, -0.25) is 0 Å². The number of allylic oxidation sites excluding steroid dienone is 1. The van der Waals surface area contributed by atoms with Crippen LogP contribution in [-0.4, -0.2) is 39.4 Å². The lowest BCUT2D eigenvalue weighted by molar-refractivity contribution is 0.454. The molecule has 6 nitrogen and oxygen atoms in total. The van der Waals surface area contributed by atoms with Crippen molar-refractivity contribution in [3.63, 3.8) is 0 Å². The van der Waals surface area contributed by atoms with Crippen molar-refractivity contribution in [3.05, 3.63) is 29.6 Å². The van der Waals surface area contributed by atoms with Gasteiger partial charge in [0.15, 0.2) is 5.82 Å². The number of imidazole rings is 1. The van der Waals surface area contributed by atoms with E-state index in [1.54, 1.807) is 12.4 Å². The molecule has 2 aliphatic heterocycles. The maximum absolute atomic E-state index is 10.1. The molecular formula is C16H19Cl2N5O. The van der Waals surface area contributed by atoms with Gasteiger partial charge in [-0.1, -0.05) is 0 Å². The molecule has 0 radical (unpaired) electrons. The first kappa shape index (κ1) is 18.3. The molecular weight excluding hydrogens is 349 g/mol. The number of fused-ring (bicyclic) bond motifs is 1. The minimum absolute atomic E-state index is 0. The molecule has 4 heterocycles. The van der Waals surface area contributed by atoms with Gasteiger partial charge >= 0.3 is 0 Å². The highest BCUT2D eigenvalue weighted by Gasteiger charge is 2.18. The lowest BCUT2D eigenvalue weighted by Gasteiger charge is -2.25. The van der Waals surface area contributed by atoms with Crippen LogP contribution in [0.15, 0.2) is 23.3 Å². The summed E-state index contributed by atoms with van der Waals surface area (Å²) in [6.45, 7) is 1.97. The van der Waals surface area contributed by atoms with Crippen molar-refractivity contribution < 1.29 is 5.11 Å². The lowest BCUT2D eigenvalue weighted by atomic mass is 10.1. The summed E-state index contributed by atoms with van der Waals surface area (Å²) in [7, 11) is 0. The van der Waals surface area contributed by atoms with Gasteiger partial charge in [0.2, 0.25) is 11.8 Å². The Labute approximate surface area is 152 Å². The summed E-state index contributed by atoms with van der Waals surface area (Å²) in [5.41, 5.74) is 2.50. The topological polar surface area (TPSA) is 77.4 Å². The van der Waals surface area contributed by atoms with Gasteiger partial charge in [-0.2, -0.15) is 4.98 Å². The molecule has 0 amide bonds. The Kier molecular flexibility index (Phi) is 5.85. The lowest BCUT2D eigenvalue weighted by Crippen LogP contribution is -2.30. The van der Waals surface area contributed by atoms with Crippen LogP contribution in [0, 0.1) is 0 Å². The molecule has 2 aromatic rings.